The molecule has 0 aromatic heterocycles. The lowest BCUT2D eigenvalue weighted by atomic mass is 9.74. The van der Waals surface area contributed by atoms with Crippen molar-refractivity contribution in [2.75, 3.05) is 0 Å². The summed E-state index contributed by atoms with van der Waals surface area (Å²) in [5.74, 6) is 1.56. The van der Waals surface area contributed by atoms with E-state index in [1.807, 2.05) is 0 Å². The number of hydrogen-bond acceptors (Lipinski definition) is 1. The van der Waals surface area contributed by atoms with Gasteiger partial charge in [0, 0.05) is 11.4 Å². The fourth-order valence-electron chi connectivity index (χ4n) is 3.28. The molecule has 1 aliphatic rings. The van der Waals surface area contributed by atoms with Crippen LogP contribution in [0.5, 0.6) is 0 Å². The molecule has 0 amide bonds. The van der Waals surface area contributed by atoms with Gasteiger partial charge >= 0.3 is 0 Å². The second-order valence-electron chi connectivity index (χ2n) is 6.43. The van der Waals surface area contributed by atoms with Crippen molar-refractivity contribution in [1.82, 2.24) is 0 Å². The molecule has 1 unspecified atom stereocenters. The van der Waals surface area contributed by atoms with Crippen LogP contribution < -0.4 is 0 Å². The van der Waals surface area contributed by atoms with Gasteiger partial charge in [-0.2, -0.15) is 0 Å². The molecule has 0 spiro atoms. The van der Waals surface area contributed by atoms with E-state index in [1.165, 1.54) is 25.0 Å². The van der Waals surface area contributed by atoms with Crippen LogP contribution in [0.4, 0.5) is 4.39 Å². The molecule has 0 radical (unpaired) electrons. The summed E-state index contributed by atoms with van der Waals surface area (Å²) in [5.41, 5.74) is 0.839. The summed E-state index contributed by atoms with van der Waals surface area (Å²) in [6.07, 6.45) is 4.74. The van der Waals surface area contributed by atoms with Gasteiger partial charge in [0.15, 0.2) is 0 Å². The minimum absolute atomic E-state index is 0.328. The monoisotopic (exact) mass is 298 g/mol. The number of hydrogen-bond donors (Lipinski definition) is 1. The Bertz CT molecular complexity index is 439. The lowest BCUT2D eigenvalue weighted by Gasteiger charge is -2.33. The third kappa shape index (κ3) is 3.95. The van der Waals surface area contributed by atoms with Crippen LogP contribution in [0, 0.1) is 23.6 Å². The largest absolute Gasteiger partial charge is 0.392 e. The number of aliphatic hydroxyl groups excluding tert-OH is 1. The summed E-state index contributed by atoms with van der Waals surface area (Å²) in [6.45, 7) is 4.55. The molecule has 0 saturated heterocycles. The van der Waals surface area contributed by atoms with Gasteiger partial charge in [-0.1, -0.05) is 31.5 Å². The third-order valence-corrected chi connectivity index (χ3v) is 5.10. The maximum absolute atomic E-state index is 13.0. The molecule has 20 heavy (non-hydrogen) atoms. The second kappa shape index (κ2) is 6.91. The predicted molar refractivity (Wildman–Crippen MR) is 81.4 cm³/mol. The van der Waals surface area contributed by atoms with Crippen molar-refractivity contribution in [3.8, 4) is 0 Å². The number of rotatable bonds is 4. The summed E-state index contributed by atoms with van der Waals surface area (Å²) in [7, 11) is 0. The molecule has 2 rings (SSSR count). The molecule has 1 aromatic rings. The number of benzene rings is 1. The van der Waals surface area contributed by atoms with Crippen LogP contribution in [0.2, 0.25) is 5.02 Å². The van der Waals surface area contributed by atoms with Crippen molar-refractivity contribution in [2.24, 2.45) is 17.8 Å². The lowest BCUT2D eigenvalue weighted by Crippen LogP contribution is -2.28. The molecule has 3 heteroatoms. The summed E-state index contributed by atoms with van der Waals surface area (Å²) < 4.78 is 13.0. The average molecular weight is 299 g/mol. The Hall–Kier alpha value is -0.600. The molecule has 1 aromatic carbocycles. The highest BCUT2D eigenvalue weighted by Crippen LogP contribution is 2.35. The van der Waals surface area contributed by atoms with E-state index in [-0.39, 0.29) is 11.9 Å². The van der Waals surface area contributed by atoms with Gasteiger partial charge in [-0.05, 0) is 61.1 Å². The molecule has 0 heterocycles. The summed E-state index contributed by atoms with van der Waals surface area (Å²) in [6, 6.07) is 4.41. The van der Waals surface area contributed by atoms with Crippen molar-refractivity contribution in [3.05, 3.63) is 34.6 Å². The van der Waals surface area contributed by atoms with Gasteiger partial charge in [-0.25, -0.2) is 4.39 Å². The predicted octanol–water partition coefficient (Wildman–Crippen LogP) is 4.84. The fraction of sp³-hybridized carbons (Fsp3) is 0.647. The van der Waals surface area contributed by atoms with Crippen molar-refractivity contribution < 1.29 is 9.50 Å². The number of aliphatic hydroxyl groups is 1. The number of halogens is 2. The van der Waals surface area contributed by atoms with Crippen molar-refractivity contribution in [3.63, 3.8) is 0 Å². The maximum atomic E-state index is 13.0. The van der Waals surface area contributed by atoms with Crippen molar-refractivity contribution in [1.29, 1.82) is 0 Å². The Labute approximate surface area is 126 Å². The Morgan fingerprint density at radius 3 is 2.35 bits per heavy atom. The van der Waals surface area contributed by atoms with Crippen LogP contribution >= 0.6 is 11.6 Å². The van der Waals surface area contributed by atoms with Gasteiger partial charge in [0.2, 0.25) is 0 Å². The lowest BCUT2D eigenvalue weighted by molar-refractivity contribution is 0.0675. The molecular weight excluding hydrogens is 275 g/mol. The first-order valence-electron chi connectivity index (χ1n) is 7.59. The Kier molecular flexibility index (Phi) is 5.45. The van der Waals surface area contributed by atoms with Gasteiger partial charge < -0.3 is 5.11 Å². The molecule has 1 atom stereocenters. The van der Waals surface area contributed by atoms with E-state index in [0.717, 1.165) is 30.2 Å². The smallest absolute Gasteiger partial charge is 0.124 e. The highest BCUT2D eigenvalue weighted by molar-refractivity contribution is 6.31. The van der Waals surface area contributed by atoms with Gasteiger partial charge in [0.25, 0.3) is 0 Å². The standard InChI is InChI=1S/C17H24ClFO/c1-11(2)12-3-5-13(6-4-12)17(20)9-14-7-8-15(19)10-16(14)18/h7-8,10-13,17,20H,3-6,9H2,1-2H3. The van der Waals surface area contributed by atoms with Gasteiger partial charge in [0.1, 0.15) is 5.82 Å². The molecule has 1 N–H and O–H groups in total. The minimum atomic E-state index is -0.369. The first-order valence-corrected chi connectivity index (χ1v) is 7.97. The molecule has 0 bridgehead atoms. The highest BCUT2D eigenvalue weighted by atomic mass is 35.5. The summed E-state index contributed by atoms with van der Waals surface area (Å²) in [5, 5.41) is 10.8. The van der Waals surface area contributed by atoms with Crippen molar-refractivity contribution in [2.45, 2.75) is 52.1 Å². The van der Waals surface area contributed by atoms with E-state index in [0.29, 0.717) is 17.4 Å². The quantitative estimate of drug-likeness (QED) is 0.843. The SMILES string of the molecule is CC(C)C1CCC(C(O)Cc2ccc(F)cc2Cl)CC1. The zero-order chi connectivity index (χ0) is 14.7. The van der Waals surface area contributed by atoms with Crippen molar-refractivity contribution >= 4 is 11.6 Å². The van der Waals surface area contributed by atoms with Crippen LogP contribution in [0.1, 0.15) is 45.1 Å². The second-order valence-corrected chi connectivity index (χ2v) is 6.83. The summed E-state index contributed by atoms with van der Waals surface area (Å²) in [4.78, 5) is 0. The zero-order valence-electron chi connectivity index (χ0n) is 12.3. The van der Waals surface area contributed by atoms with Crippen LogP contribution in [0.25, 0.3) is 0 Å². The third-order valence-electron chi connectivity index (χ3n) is 4.75. The zero-order valence-corrected chi connectivity index (χ0v) is 13.0. The van der Waals surface area contributed by atoms with E-state index in [1.54, 1.807) is 6.07 Å². The Morgan fingerprint density at radius 1 is 1.20 bits per heavy atom. The van der Waals surface area contributed by atoms with Gasteiger partial charge in [-0.3, -0.25) is 0 Å². The van der Waals surface area contributed by atoms with Crippen LogP contribution in [-0.4, -0.2) is 11.2 Å². The molecule has 1 fully saturated rings. The molecule has 1 aliphatic carbocycles. The Morgan fingerprint density at radius 2 is 1.80 bits per heavy atom. The van der Waals surface area contributed by atoms with Gasteiger partial charge in [-0.15, -0.1) is 0 Å². The average Bonchev–Trinajstić information content (AvgIpc) is 2.42. The maximum Gasteiger partial charge on any atom is 0.124 e. The highest BCUT2D eigenvalue weighted by Gasteiger charge is 2.28. The molecule has 112 valence electrons. The topological polar surface area (TPSA) is 20.2 Å². The molecule has 1 saturated carbocycles. The van der Waals surface area contributed by atoms with E-state index in [2.05, 4.69) is 13.8 Å². The molecule has 0 aliphatic heterocycles. The molecular formula is C17H24ClFO. The van der Waals surface area contributed by atoms with Crippen LogP contribution in [-0.2, 0) is 6.42 Å². The van der Waals surface area contributed by atoms with Crippen LogP contribution in [0.15, 0.2) is 18.2 Å². The van der Waals surface area contributed by atoms with Crippen LogP contribution in [0.3, 0.4) is 0 Å². The Balaban J connectivity index is 1.91. The van der Waals surface area contributed by atoms with E-state index in [4.69, 9.17) is 11.6 Å². The van der Waals surface area contributed by atoms with E-state index >= 15 is 0 Å². The van der Waals surface area contributed by atoms with E-state index < -0.39 is 0 Å². The first kappa shape index (κ1) is 15.8. The van der Waals surface area contributed by atoms with E-state index in [9.17, 15) is 9.50 Å². The minimum Gasteiger partial charge on any atom is -0.392 e. The fourth-order valence-corrected chi connectivity index (χ4v) is 3.52. The first-order chi connectivity index (χ1) is 9.47. The normalized spacial score (nSPS) is 24.9. The molecule has 1 nitrogen and oxygen atoms in total. The van der Waals surface area contributed by atoms with Gasteiger partial charge in [0.05, 0.1) is 6.10 Å². The summed E-state index contributed by atoms with van der Waals surface area (Å²) >= 11 is 6.03.